The van der Waals surface area contributed by atoms with Crippen molar-refractivity contribution in [2.75, 3.05) is 5.73 Å². The molecular weight excluding hydrogens is 410 g/mol. The van der Waals surface area contributed by atoms with Crippen LogP contribution < -0.4 is 10.5 Å². The van der Waals surface area contributed by atoms with Crippen LogP contribution >= 0.6 is 0 Å². The van der Waals surface area contributed by atoms with Crippen molar-refractivity contribution in [1.82, 2.24) is 19.7 Å². The zero-order valence-corrected chi connectivity index (χ0v) is 18.3. The van der Waals surface area contributed by atoms with Gasteiger partial charge in [0, 0.05) is 23.5 Å². The van der Waals surface area contributed by atoms with E-state index in [0.717, 1.165) is 16.5 Å². The Kier molecular flexibility index (Phi) is 5.20. The van der Waals surface area contributed by atoms with E-state index in [0.29, 0.717) is 22.7 Å². The fourth-order valence-corrected chi connectivity index (χ4v) is 4.75. The van der Waals surface area contributed by atoms with Gasteiger partial charge >= 0.3 is 0 Å². The normalized spacial score (nSPS) is 12.2. The lowest BCUT2D eigenvalue weighted by Crippen LogP contribution is -2.40. The highest BCUT2D eigenvalue weighted by atomic mass is 32.2. The number of anilines is 1. The Morgan fingerprint density at radius 2 is 1.65 bits per heavy atom. The van der Waals surface area contributed by atoms with Crippen LogP contribution in [0.25, 0.3) is 33.4 Å². The molecular formula is C23H23N5O2S. The van der Waals surface area contributed by atoms with Crippen molar-refractivity contribution in [3.05, 3.63) is 67.0 Å². The second kappa shape index (κ2) is 7.72. The van der Waals surface area contributed by atoms with E-state index in [1.54, 1.807) is 20.8 Å². The number of hydrogen-bond donors (Lipinski definition) is 2. The second-order valence-electron chi connectivity index (χ2n) is 8.26. The highest BCUT2D eigenvalue weighted by Gasteiger charge is 2.23. The first-order valence-corrected chi connectivity index (χ1v) is 11.2. The minimum absolute atomic E-state index is 0.0419. The zero-order chi connectivity index (χ0) is 22.2. The van der Waals surface area contributed by atoms with Gasteiger partial charge in [-0.05, 0) is 44.0 Å². The molecule has 0 aliphatic heterocycles. The zero-order valence-electron chi connectivity index (χ0n) is 17.5. The van der Waals surface area contributed by atoms with Gasteiger partial charge in [0.05, 0.1) is 10.9 Å². The summed E-state index contributed by atoms with van der Waals surface area (Å²) in [4.78, 5) is 13.2. The number of benzene rings is 2. The number of rotatable bonds is 4. The molecule has 0 saturated heterocycles. The highest BCUT2D eigenvalue weighted by molar-refractivity contribution is 7.89. The largest absolute Gasteiger partial charge is 0.383 e. The predicted octanol–water partition coefficient (Wildman–Crippen LogP) is 4.02. The smallest absolute Gasteiger partial charge is 0.242 e. The van der Waals surface area contributed by atoms with Gasteiger partial charge in [-0.15, -0.1) is 0 Å². The molecule has 2 aromatic carbocycles. The summed E-state index contributed by atoms with van der Waals surface area (Å²) in [6.07, 6.45) is 2.83. The van der Waals surface area contributed by atoms with Crippen molar-refractivity contribution in [2.24, 2.45) is 0 Å². The monoisotopic (exact) mass is 433 g/mol. The molecule has 7 nitrogen and oxygen atoms in total. The molecule has 0 amide bonds. The highest BCUT2D eigenvalue weighted by Crippen LogP contribution is 2.32. The van der Waals surface area contributed by atoms with Crippen molar-refractivity contribution >= 4 is 26.7 Å². The molecule has 0 spiro atoms. The van der Waals surface area contributed by atoms with Crippen LogP contribution in [0.5, 0.6) is 0 Å². The van der Waals surface area contributed by atoms with Crippen LogP contribution in [-0.4, -0.2) is 28.9 Å². The molecule has 0 aliphatic carbocycles. The molecule has 0 unspecified atom stereocenters. The van der Waals surface area contributed by atoms with Crippen molar-refractivity contribution in [3.8, 4) is 22.5 Å². The molecule has 0 fully saturated rings. The molecule has 0 saturated carbocycles. The maximum absolute atomic E-state index is 12.7. The van der Waals surface area contributed by atoms with E-state index in [9.17, 15) is 8.42 Å². The molecule has 4 aromatic rings. The van der Waals surface area contributed by atoms with Crippen LogP contribution in [0.4, 0.5) is 5.82 Å². The van der Waals surface area contributed by atoms with Crippen LogP contribution in [0, 0.1) is 0 Å². The molecule has 4 rings (SSSR count). The number of fused-ring (bicyclic) bond motifs is 1. The Balaban J connectivity index is 1.82. The Morgan fingerprint density at radius 1 is 0.903 bits per heavy atom. The average Bonchev–Trinajstić information content (AvgIpc) is 2.72. The summed E-state index contributed by atoms with van der Waals surface area (Å²) >= 11 is 0. The van der Waals surface area contributed by atoms with E-state index in [-0.39, 0.29) is 4.90 Å². The number of pyridine rings is 1. The van der Waals surface area contributed by atoms with Gasteiger partial charge < -0.3 is 5.73 Å². The van der Waals surface area contributed by atoms with Crippen LogP contribution in [-0.2, 0) is 10.0 Å². The molecule has 3 N–H and O–H groups in total. The fraction of sp³-hybridized carbons (Fsp3) is 0.174. The maximum Gasteiger partial charge on any atom is 0.242 e. The number of nitrogen functional groups attached to an aromatic ring is 1. The molecule has 2 heterocycles. The maximum atomic E-state index is 12.7. The van der Waals surface area contributed by atoms with Gasteiger partial charge in [-0.25, -0.2) is 23.1 Å². The van der Waals surface area contributed by atoms with Gasteiger partial charge in [0.25, 0.3) is 0 Å². The molecule has 2 aromatic heterocycles. The van der Waals surface area contributed by atoms with Crippen molar-refractivity contribution in [1.29, 1.82) is 0 Å². The Hall–Kier alpha value is -3.36. The lowest BCUT2D eigenvalue weighted by atomic mass is 10.0. The first-order valence-electron chi connectivity index (χ1n) is 9.75. The minimum atomic E-state index is -3.74. The Morgan fingerprint density at radius 3 is 2.35 bits per heavy atom. The van der Waals surface area contributed by atoms with Gasteiger partial charge in [0.1, 0.15) is 10.7 Å². The summed E-state index contributed by atoms with van der Waals surface area (Å²) in [5.41, 5.74) is 8.81. The molecule has 0 atom stereocenters. The predicted molar refractivity (Wildman–Crippen MR) is 123 cm³/mol. The third-order valence-electron chi connectivity index (χ3n) is 4.56. The van der Waals surface area contributed by atoms with Gasteiger partial charge in [-0.2, -0.15) is 0 Å². The van der Waals surface area contributed by atoms with Crippen LogP contribution in [0.2, 0.25) is 0 Å². The van der Waals surface area contributed by atoms with Gasteiger partial charge in [0.2, 0.25) is 10.0 Å². The number of nitrogens with zero attached hydrogens (tertiary/aromatic N) is 3. The molecule has 31 heavy (non-hydrogen) atoms. The van der Waals surface area contributed by atoms with E-state index in [2.05, 4.69) is 19.7 Å². The molecule has 158 valence electrons. The number of sulfonamides is 1. The van der Waals surface area contributed by atoms with Crippen LogP contribution in [0.1, 0.15) is 20.8 Å². The van der Waals surface area contributed by atoms with E-state index in [1.165, 1.54) is 18.5 Å². The summed E-state index contributed by atoms with van der Waals surface area (Å²) in [6, 6.07) is 17.1. The lowest BCUT2D eigenvalue weighted by Gasteiger charge is -2.20. The standard InChI is InChI=1S/C23H23N5O2S/c1-23(2,3)28-31(29,30)17-12-16(13-25-14-17)22-26-19-11-7-10-18(20(19)21(24)27-22)15-8-5-4-6-9-15/h4-14,28H,1-3H3,(H2,24,26,27). The van der Waals surface area contributed by atoms with Crippen LogP contribution in [0.3, 0.4) is 0 Å². The number of nitrogens with two attached hydrogens (primary N) is 1. The molecule has 0 bridgehead atoms. The average molecular weight is 434 g/mol. The van der Waals surface area contributed by atoms with Gasteiger partial charge in [-0.1, -0.05) is 42.5 Å². The summed E-state index contributed by atoms with van der Waals surface area (Å²) in [6.45, 7) is 5.33. The van der Waals surface area contributed by atoms with E-state index in [1.807, 2.05) is 48.5 Å². The Labute approximate surface area is 181 Å². The van der Waals surface area contributed by atoms with Gasteiger partial charge in [-0.3, -0.25) is 4.98 Å². The van der Waals surface area contributed by atoms with E-state index in [4.69, 9.17) is 5.73 Å². The second-order valence-corrected chi connectivity index (χ2v) is 9.95. The summed E-state index contributed by atoms with van der Waals surface area (Å²) in [5, 5.41) is 0.753. The van der Waals surface area contributed by atoms with Crippen LogP contribution in [0.15, 0.2) is 71.9 Å². The van der Waals surface area contributed by atoms with Gasteiger partial charge in [0.15, 0.2) is 5.82 Å². The summed E-state index contributed by atoms with van der Waals surface area (Å²) in [5.74, 6) is 0.635. The molecule has 0 aliphatic rings. The fourth-order valence-electron chi connectivity index (χ4n) is 3.35. The third kappa shape index (κ3) is 4.40. The topological polar surface area (TPSA) is 111 Å². The molecule has 8 heteroatoms. The first kappa shape index (κ1) is 20.9. The number of hydrogen-bond acceptors (Lipinski definition) is 6. The Bertz CT molecular complexity index is 1360. The number of aromatic nitrogens is 3. The lowest BCUT2D eigenvalue weighted by molar-refractivity contribution is 0.491. The van der Waals surface area contributed by atoms with Crippen molar-refractivity contribution in [3.63, 3.8) is 0 Å². The third-order valence-corrected chi connectivity index (χ3v) is 6.28. The minimum Gasteiger partial charge on any atom is -0.383 e. The SMILES string of the molecule is CC(C)(C)NS(=O)(=O)c1cncc(-c2nc(N)c3c(-c4ccccc4)cccc3n2)c1. The summed E-state index contributed by atoms with van der Waals surface area (Å²) in [7, 11) is -3.74. The number of nitrogens with one attached hydrogen (secondary N) is 1. The van der Waals surface area contributed by atoms with E-state index < -0.39 is 15.6 Å². The quantitative estimate of drug-likeness (QED) is 0.503. The van der Waals surface area contributed by atoms with E-state index >= 15 is 0 Å². The molecule has 0 radical (unpaired) electrons. The summed E-state index contributed by atoms with van der Waals surface area (Å²) < 4.78 is 28.0. The van der Waals surface area contributed by atoms with Crippen molar-refractivity contribution < 1.29 is 8.42 Å². The van der Waals surface area contributed by atoms with Crippen molar-refractivity contribution in [2.45, 2.75) is 31.2 Å². The first-order chi connectivity index (χ1) is 14.6.